The van der Waals surface area contributed by atoms with Gasteiger partial charge in [0.25, 0.3) is 6.47 Å². The third kappa shape index (κ3) is 3.62. The summed E-state index contributed by atoms with van der Waals surface area (Å²) >= 11 is 0. The summed E-state index contributed by atoms with van der Waals surface area (Å²) in [5.74, 6) is 0. The van der Waals surface area contributed by atoms with E-state index in [1.807, 2.05) is 0 Å². The molecule has 0 radical (unpaired) electrons. The molecule has 0 atom stereocenters. The molecule has 0 bridgehead atoms. The van der Waals surface area contributed by atoms with Gasteiger partial charge in [0, 0.05) is 0 Å². The molecule has 110 valence electrons. The fourth-order valence-corrected chi connectivity index (χ4v) is 3.55. The number of rotatable bonds is 7. The normalized spacial score (nSPS) is 26.1. The second kappa shape index (κ2) is 7.47. The molecule has 20 heavy (non-hydrogen) atoms. The fraction of sp³-hybridized carbons (Fsp3) is 0.611. The first kappa shape index (κ1) is 15.1. The Morgan fingerprint density at radius 3 is 2.50 bits per heavy atom. The third-order valence-electron chi connectivity index (χ3n) is 4.78. The quantitative estimate of drug-likeness (QED) is 0.535. The molecule has 0 aromatic heterocycles. The van der Waals surface area contributed by atoms with Crippen LogP contribution in [0.25, 0.3) is 0 Å². The average Bonchev–Trinajstić information content (AvgIpc) is 2.51. The van der Waals surface area contributed by atoms with Gasteiger partial charge in [-0.15, -0.1) is 0 Å². The van der Waals surface area contributed by atoms with E-state index in [1.165, 1.54) is 31.2 Å². The molecule has 1 saturated carbocycles. The van der Waals surface area contributed by atoms with Crippen LogP contribution in [0.3, 0.4) is 0 Å². The van der Waals surface area contributed by atoms with Crippen LogP contribution in [-0.4, -0.2) is 12.6 Å². The highest BCUT2D eigenvalue weighted by atomic mass is 16.5. The Balaban J connectivity index is 2.08. The molecule has 1 aromatic carbocycles. The van der Waals surface area contributed by atoms with E-state index in [4.69, 9.17) is 4.74 Å². The highest BCUT2D eigenvalue weighted by Gasteiger charge is 2.36. The Hall–Kier alpha value is -1.31. The highest BCUT2D eigenvalue weighted by molar-refractivity contribution is 5.37. The maximum absolute atomic E-state index is 10.5. The van der Waals surface area contributed by atoms with E-state index >= 15 is 0 Å². The van der Waals surface area contributed by atoms with Crippen molar-refractivity contribution in [3.05, 3.63) is 35.9 Å². The van der Waals surface area contributed by atoms with Crippen molar-refractivity contribution in [2.24, 2.45) is 0 Å². The minimum Gasteiger partial charge on any atom is -0.465 e. The Morgan fingerprint density at radius 1 is 1.20 bits per heavy atom. The summed E-state index contributed by atoms with van der Waals surface area (Å²) in [6, 6.07) is 10.9. The largest absolute Gasteiger partial charge is 0.465 e. The minimum absolute atomic E-state index is 0.135. The van der Waals surface area contributed by atoms with Gasteiger partial charge >= 0.3 is 0 Å². The third-order valence-corrected chi connectivity index (χ3v) is 4.78. The lowest BCUT2D eigenvalue weighted by Crippen LogP contribution is -2.34. The maximum atomic E-state index is 10.5. The Morgan fingerprint density at radius 2 is 1.90 bits per heavy atom. The van der Waals surface area contributed by atoms with Crippen LogP contribution in [0.5, 0.6) is 0 Å². The monoisotopic (exact) mass is 274 g/mol. The second-order valence-electron chi connectivity index (χ2n) is 6.04. The molecule has 1 aliphatic carbocycles. The first-order chi connectivity index (χ1) is 9.80. The first-order valence-corrected chi connectivity index (χ1v) is 7.95. The number of hydrogen-bond donors (Lipinski definition) is 0. The van der Waals surface area contributed by atoms with Crippen molar-refractivity contribution in [1.29, 1.82) is 0 Å². The van der Waals surface area contributed by atoms with Crippen LogP contribution in [0.4, 0.5) is 0 Å². The van der Waals surface area contributed by atoms with Crippen molar-refractivity contribution in [1.82, 2.24) is 0 Å². The van der Waals surface area contributed by atoms with Gasteiger partial charge in [0.15, 0.2) is 0 Å². The van der Waals surface area contributed by atoms with Crippen molar-refractivity contribution in [3.63, 3.8) is 0 Å². The lowest BCUT2D eigenvalue weighted by molar-refractivity contribution is -0.135. The molecule has 1 aromatic rings. The standard InChI is InChI=1S/C18H26O2/c1-2-3-7-12-18(16-8-5-4-6-9-16)13-10-17(11-14-18)20-15-19/h4-6,8-9,15,17H,2-3,7,10-14H2,1H3. The molecule has 2 heteroatoms. The number of carbonyl (C=O) groups is 1. The van der Waals surface area contributed by atoms with Gasteiger partial charge in [-0.25, -0.2) is 0 Å². The molecule has 0 heterocycles. The van der Waals surface area contributed by atoms with Gasteiger partial charge in [0.05, 0.1) is 0 Å². The fourth-order valence-electron chi connectivity index (χ4n) is 3.55. The molecule has 0 N–H and O–H groups in total. The van der Waals surface area contributed by atoms with E-state index in [0.717, 1.165) is 25.7 Å². The van der Waals surface area contributed by atoms with Crippen molar-refractivity contribution >= 4 is 6.47 Å². The van der Waals surface area contributed by atoms with Gasteiger partial charge in [-0.3, -0.25) is 4.79 Å². The summed E-state index contributed by atoms with van der Waals surface area (Å²) in [4.78, 5) is 10.5. The Bertz CT molecular complexity index is 391. The van der Waals surface area contributed by atoms with Crippen LogP contribution in [-0.2, 0) is 14.9 Å². The number of carbonyl (C=O) groups excluding carboxylic acids is 1. The highest BCUT2D eigenvalue weighted by Crippen LogP contribution is 2.43. The molecule has 1 aliphatic rings. The van der Waals surface area contributed by atoms with Crippen LogP contribution in [0, 0.1) is 0 Å². The molecular formula is C18H26O2. The summed E-state index contributed by atoms with van der Waals surface area (Å²) in [6.45, 7) is 2.86. The molecular weight excluding hydrogens is 248 g/mol. The van der Waals surface area contributed by atoms with Crippen LogP contribution in [0.15, 0.2) is 30.3 Å². The zero-order valence-electron chi connectivity index (χ0n) is 12.5. The summed E-state index contributed by atoms with van der Waals surface area (Å²) in [7, 11) is 0. The zero-order valence-corrected chi connectivity index (χ0v) is 12.5. The smallest absolute Gasteiger partial charge is 0.293 e. The molecule has 0 spiro atoms. The molecule has 0 saturated heterocycles. The summed E-state index contributed by atoms with van der Waals surface area (Å²) in [5.41, 5.74) is 1.78. The van der Waals surface area contributed by atoms with Crippen LogP contribution in [0.2, 0.25) is 0 Å². The van der Waals surface area contributed by atoms with Gasteiger partial charge < -0.3 is 4.74 Å². The van der Waals surface area contributed by atoms with Crippen molar-refractivity contribution in [2.45, 2.75) is 69.8 Å². The predicted molar refractivity (Wildman–Crippen MR) is 81.7 cm³/mol. The van der Waals surface area contributed by atoms with Crippen molar-refractivity contribution < 1.29 is 9.53 Å². The molecule has 0 unspecified atom stereocenters. The molecule has 2 rings (SSSR count). The maximum Gasteiger partial charge on any atom is 0.293 e. The molecule has 2 nitrogen and oxygen atoms in total. The summed E-state index contributed by atoms with van der Waals surface area (Å²) in [6.07, 6.45) is 9.54. The predicted octanol–water partition coefficient (Wildman–Crippen LogP) is 4.62. The molecule has 0 amide bonds. The van der Waals surface area contributed by atoms with Crippen LogP contribution < -0.4 is 0 Å². The minimum atomic E-state index is 0.135. The van der Waals surface area contributed by atoms with E-state index in [-0.39, 0.29) is 6.10 Å². The lowest BCUT2D eigenvalue weighted by Gasteiger charge is -2.40. The van der Waals surface area contributed by atoms with E-state index < -0.39 is 0 Å². The van der Waals surface area contributed by atoms with Gasteiger partial charge in [-0.2, -0.15) is 0 Å². The lowest BCUT2D eigenvalue weighted by atomic mass is 9.66. The van der Waals surface area contributed by atoms with Gasteiger partial charge in [0.1, 0.15) is 6.10 Å². The van der Waals surface area contributed by atoms with E-state index in [0.29, 0.717) is 11.9 Å². The van der Waals surface area contributed by atoms with E-state index in [1.54, 1.807) is 0 Å². The average molecular weight is 274 g/mol. The molecule has 0 aliphatic heterocycles. The number of unbranched alkanes of at least 4 members (excludes halogenated alkanes) is 2. The topological polar surface area (TPSA) is 26.3 Å². The zero-order chi connectivity index (χ0) is 14.3. The van der Waals surface area contributed by atoms with Gasteiger partial charge in [-0.1, -0.05) is 56.5 Å². The number of benzene rings is 1. The second-order valence-corrected chi connectivity index (χ2v) is 6.04. The summed E-state index contributed by atoms with van der Waals surface area (Å²) < 4.78 is 5.16. The molecule has 1 fully saturated rings. The number of hydrogen-bond acceptors (Lipinski definition) is 2. The van der Waals surface area contributed by atoms with Gasteiger partial charge in [0.2, 0.25) is 0 Å². The Kier molecular flexibility index (Phi) is 5.63. The van der Waals surface area contributed by atoms with E-state index in [2.05, 4.69) is 37.3 Å². The van der Waals surface area contributed by atoms with Gasteiger partial charge in [-0.05, 0) is 43.1 Å². The van der Waals surface area contributed by atoms with Crippen LogP contribution in [0.1, 0.15) is 63.9 Å². The van der Waals surface area contributed by atoms with E-state index in [9.17, 15) is 4.79 Å². The summed E-state index contributed by atoms with van der Waals surface area (Å²) in [5, 5.41) is 0. The number of ether oxygens (including phenoxy) is 1. The van der Waals surface area contributed by atoms with Crippen LogP contribution >= 0.6 is 0 Å². The first-order valence-electron chi connectivity index (χ1n) is 7.95. The van der Waals surface area contributed by atoms with Crippen molar-refractivity contribution in [3.8, 4) is 0 Å². The SMILES string of the molecule is CCCCCC1(c2ccccc2)CCC(OC=O)CC1. The Labute approximate surface area is 122 Å². The van der Waals surface area contributed by atoms with Crippen molar-refractivity contribution in [2.75, 3.05) is 0 Å².